The van der Waals surface area contributed by atoms with Crippen molar-refractivity contribution in [2.75, 3.05) is 27.3 Å². The molecule has 10 nitrogen and oxygen atoms in total. The first-order valence-electron chi connectivity index (χ1n) is 14.9. The molecular weight excluding hydrogens is 546 g/mol. The highest BCUT2D eigenvalue weighted by Crippen LogP contribution is 2.31. The van der Waals surface area contributed by atoms with Crippen LogP contribution >= 0.6 is 0 Å². The molecule has 0 spiro atoms. The number of pyridine rings is 1. The van der Waals surface area contributed by atoms with E-state index in [2.05, 4.69) is 17.3 Å². The minimum atomic E-state index is -0.974. The van der Waals surface area contributed by atoms with E-state index in [-0.39, 0.29) is 30.4 Å². The standard InChI is InChI=1S/C33H45N5O5/c1-20(2)29-30(39)35-28(19-42-8)32(41)38-17-9-10-26(36-38)31(40)37(7)21(3)25-14-13-24-12-11-23(18-27(24)34-25)15-16-33(5,6)22(4)43-29/h11-16,18,20-21,26,28-29,36H,4,9-10,17,19H2,1-3,5-8H3,(H,35,39)/b16-15+/t21-,26+,28?,29+/m1/s1. The smallest absolute Gasteiger partial charge is 0.262 e. The van der Waals surface area contributed by atoms with Gasteiger partial charge in [0.2, 0.25) is 5.91 Å². The number of rotatable bonds is 3. The second-order valence-corrected chi connectivity index (χ2v) is 12.4. The molecule has 0 radical (unpaired) electrons. The SMILES string of the molecule is C=C1O[C@@H](C(C)C)C(=O)NC(COC)C(=O)N2CCC[C@H](N2)C(=O)N(C)[C@H](C)c2ccc3ccc(cc3n2)/C=C/C1(C)C. The minimum Gasteiger partial charge on any atom is -0.484 e. The Morgan fingerprint density at radius 3 is 2.58 bits per heavy atom. The molecule has 3 heterocycles. The van der Waals surface area contributed by atoms with Gasteiger partial charge in [-0.15, -0.1) is 0 Å². The predicted molar refractivity (Wildman–Crippen MR) is 166 cm³/mol. The maximum Gasteiger partial charge on any atom is 0.262 e. The molecule has 1 fully saturated rings. The fraction of sp³-hybridized carbons (Fsp3) is 0.515. The van der Waals surface area contributed by atoms with Crippen molar-refractivity contribution in [3.63, 3.8) is 0 Å². The van der Waals surface area contributed by atoms with Crippen LogP contribution in [0.1, 0.15) is 64.8 Å². The highest BCUT2D eigenvalue weighted by atomic mass is 16.5. The number of hydrogen-bond acceptors (Lipinski definition) is 7. The van der Waals surface area contributed by atoms with Crippen molar-refractivity contribution in [1.29, 1.82) is 0 Å². The highest BCUT2D eigenvalue weighted by molar-refractivity contribution is 5.90. The molecule has 2 aliphatic rings. The van der Waals surface area contributed by atoms with Crippen LogP contribution < -0.4 is 10.7 Å². The lowest BCUT2D eigenvalue weighted by Crippen LogP contribution is -2.62. The van der Waals surface area contributed by atoms with Crippen LogP contribution in [0.15, 0.2) is 48.7 Å². The molecule has 232 valence electrons. The van der Waals surface area contributed by atoms with Crippen molar-refractivity contribution in [2.24, 2.45) is 11.3 Å². The van der Waals surface area contributed by atoms with E-state index in [0.717, 1.165) is 22.2 Å². The lowest BCUT2D eigenvalue weighted by atomic mass is 9.89. The molecule has 3 amide bonds. The summed E-state index contributed by atoms with van der Waals surface area (Å²) in [6, 6.07) is 8.13. The lowest BCUT2D eigenvalue weighted by molar-refractivity contribution is -0.148. The van der Waals surface area contributed by atoms with Gasteiger partial charge in [-0.2, -0.15) is 0 Å². The van der Waals surface area contributed by atoms with Gasteiger partial charge in [0.25, 0.3) is 11.8 Å². The third-order valence-electron chi connectivity index (χ3n) is 8.34. The Morgan fingerprint density at radius 2 is 1.88 bits per heavy atom. The van der Waals surface area contributed by atoms with Gasteiger partial charge in [0.15, 0.2) is 6.10 Å². The molecule has 2 aromatic rings. The molecule has 43 heavy (non-hydrogen) atoms. The summed E-state index contributed by atoms with van der Waals surface area (Å²) in [4.78, 5) is 47.4. The first-order valence-corrected chi connectivity index (χ1v) is 14.9. The van der Waals surface area contributed by atoms with Crippen molar-refractivity contribution in [3.05, 3.63) is 60.0 Å². The Morgan fingerprint density at radius 1 is 1.16 bits per heavy atom. The van der Waals surface area contributed by atoms with E-state index in [9.17, 15) is 14.4 Å². The number of fused-ring (bicyclic) bond motifs is 4. The molecule has 0 saturated carbocycles. The lowest BCUT2D eigenvalue weighted by Gasteiger charge is -2.38. The molecule has 0 aliphatic carbocycles. The number of aromatic nitrogens is 1. The van der Waals surface area contributed by atoms with Gasteiger partial charge in [-0.3, -0.25) is 24.4 Å². The van der Waals surface area contributed by atoms with Gasteiger partial charge < -0.3 is 19.7 Å². The number of methoxy groups -OCH3 is 1. The average Bonchev–Trinajstić information content (AvgIpc) is 2.99. The summed E-state index contributed by atoms with van der Waals surface area (Å²) >= 11 is 0. The fourth-order valence-electron chi connectivity index (χ4n) is 5.22. The Balaban J connectivity index is 1.75. The van der Waals surface area contributed by atoms with Gasteiger partial charge in [-0.25, -0.2) is 5.43 Å². The molecule has 1 aromatic carbocycles. The predicted octanol–water partition coefficient (Wildman–Crippen LogP) is 3.99. The third-order valence-corrected chi connectivity index (χ3v) is 8.34. The van der Waals surface area contributed by atoms with E-state index in [1.54, 1.807) is 11.9 Å². The largest absolute Gasteiger partial charge is 0.484 e. The Bertz CT molecular complexity index is 1400. The summed E-state index contributed by atoms with van der Waals surface area (Å²) in [5, 5.41) is 5.25. The summed E-state index contributed by atoms with van der Waals surface area (Å²) in [5.74, 6) is -0.743. The van der Waals surface area contributed by atoms with Crippen LogP contribution in [0.4, 0.5) is 0 Å². The topological polar surface area (TPSA) is 113 Å². The number of nitrogens with one attached hydrogen (secondary N) is 2. The number of nitrogens with zero attached hydrogens (tertiary/aromatic N) is 3. The van der Waals surface area contributed by atoms with Crippen molar-refractivity contribution in [2.45, 2.75) is 71.7 Å². The van der Waals surface area contributed by atoms with Gasteiger partial charge in [0.1, 0.15) is 12.1 Å². The fourth-order valence-corrected chi connectivity index (χ4v) is 5.22. The van der Waals surface area contributed by atoms with Gasteiger partial charge in [0.05, 0.1) is 29.6 Å². The maximum absolute atomic E-state index is 13.6. The number of hydrazine groups is 1. The van der Waals surface area contributed by atoms with E-state index in [0.29, 0.717) is 25.1 Å². The quantitative estimate of drug-likeness (QED) is 0.555. The van der Waals surface area contributed by atoms with Crippen LogP contribution in [-0.2, 0) is 23.9 Å². The summed E-state index contributed by atoms with van der Waals surface area (Å²) in [6.07, 6.45) is 4.29. The normalized spacial score (nSPS) is 26.4. The number of hydrogen-bond donors (Lipinski definition) is 2. The summed E-state index contributed by atoms with van der Waals surface area (Å²) in [7, 11) is 3.23. The van der Waals surface area contributed by atoms with E-state index in [1.165, 1.54) is 12.1 Å². The van der Waals surface area contributed by atoms with Crippen LogP contribution in [0, 0.1) is 11.3 Å². The van der Waals surface area contributed by atoms with Gasteiger partial charge >= 0.3 is 0 Å². The number of carbonyl (C=O) groups is 3. The number of ether oxygens (including phenoxy) is 2. The second-order valence-electron chi connectivity index (χ2n) is 12.4. The Hall–Kier alpha value is -3.76. The highest BCUT2D eigenvalue weighted by Gasteiger charge is 2.37. The first kappa shape index (κ1) is 32.2. The Labute approximate surface area is 254 Å². The first-order chi connectivity index (χ1) is 20.3. The van der Waals surface area contributed by atoms with E-state index in [1.807, 2.05) is 77.1 Å². The number of carbonyl (C=O) groups excluding carboxylic acids is 3. The molecule has 1 aromatic heterocycles. The molecule has 2 N–H and O–H groups in total. The molecule has 1 saturated heterocycles. The molecule has 1 unspecified atom stereocenters. The van der Waals surface area contributed by atoms with Crippen molar-refractivity contribution in [3.8, 4) is 0 Å². The van der Waals surface area contributed by atoms with Crippen LogP contribution in [0.3, 0.4) is 0 Å². The third kappa shape index (κ3) is 7.25. The summed E-state index contributed by atoms with van der Waals surface area (Å²) in [5.41, 5.74) is 5.04. The minimum absolute atomic E-state index is 0.0368. The molecule has 4 atom stereocenters. The Kier molecular flexibility index (Phi) is 9.92. The number of likely N-dealkylation sites (N-methyl/N-ethyl adjacent to an activating group) is 1. The molecule has 4 rings (SSSR count). The zero-order valence-corrected chi connectivity index (χ0v) is 26.3. The molecule has 5 bridgehead atoms. The average molecular weight is 592 g/mol. The zero-order chi connectivity index (χ0) is 31.5. The van der Waals surface area contributed by atoms with Crippen LogP contribution in [0.2, 0.25) is 0 Å². The van der Waals surface area contributed by atoms with Crippen molar-refractivity contribution in [1.82, 2.24) is 25.6 Å². The van der Waals surface area contributed by atoms with Gasteiger partial charge in [0, 0.05) is 31.5 Å². The number of benzene rings is 1. The van der Waals surface area contributed by atoms with Crippen molar-refractivity contribution < 1.29 is 23.9 Å². The number of amides is 3. The van der Waals surface area contributed by atoms with E-state index in [4.69, 9.17) is 14.5 Å². The van der Waals surface area contributed by atoms with Crippen LogP contribution in [-0.4, -0.2) is 78.1 Å². The second kappa shape index (κ2) is 13.3. The van der Waals surface area contributed by atoms with E-state index >= 15 is 0 Å². The zero-order valence-electron chi connectivity index (χ0n) is 26.3. The van der Waals surface area contributed by atoms with Gasteiger partial charge in [-0.05, 0) is 57.2 Å². The van der Waals surface area contributed by atoms with Crippen molar-refractivity contribution >= 4 is 34.7 Å². The monoisotopic (exact) mass is 591 g/mol. The molecular formula is C33H45N5O5. The number of allylic oxidation sites excluding steroid dienone is 1. The maximum atomic E-state index is 13.6. The van der Waals surface area contributed by atoms with Crippen LogP contribution in [0.5, 0.6) is 0 Å². The summed E-state index contributed by atoms with van der Waals surface area (Å²) in [6.45, 7) is 14.2. The molecule has 10 heteroatoms. The van der Waals surface area contributed by atoms with Gasteiger partial charge in [-0.1, -0.05) is 50.8 Å². The summed E-state index contributed by atoms with van der Waals surface area (Å²) < 4.78 is 11.5. The molecule has 2 aliphatic heterocycles. The van der Waals surface area contributed by atoms with Crippen LogP contribution in [0.25, 0.3) is 17.0 Å². The van der Waals surface area contributed by atoms with E-state index < -0.39 is 29.5 Å².